The number of hydrogen-bond acceptors (Lipinski definition) is 5. The SMILES string of the molecule is Cc1cccc(CN2CC[C@@H]3[C@@H]2CCN3C(=O)C2CC=CC2)n1.O=C(O)C(F)(F)F.O=C(O)C(F)(F)F. The van der Waals surface area contributed by atoms with Crippen LogP contribution in [0.25, 0.3) is 0 Å². The molecule has 206 valence electrons. The Morgan fingerprint density at radius 3 is 1.92 bits per heavy atom. The Hall–Kier alpha value is -3.16. The highest BCUT2D eigenvalue weighted by atomic mass is 19.4. The van der Waals surface area contributed by atoms with E-state index < -0.39 is 24.3 Å². The molecule has 1 aromatic rings. The molecule has 0 unspecified atom stereocenters. The van der Waals surface area contributed by atoms with Crippen molar-refractivity contribution >= 4 is 17.8 Å². The van der Waals surface area contributed by atoms with Crippen LogP contribution in [-0.2, 0) is 20.9 Å². The molecule has 1 amide bonds. The molecule has 14 heteroatoms. The molecule has 0 saturated carbocycles. The molecule has 0 radical (unpaired) electrons. The normalized spacial score (nSPS) is 21.5. The van der Waals surface area contributed by atoms with E-state index in [-0.39, 0.29) is 5.92 Å². The minimum atomic E-state index is -5.08. The topological polar surface area (TPSA) is 111 Å². The second-order valence-corrected chi connectivity index (χ2v) is 8.73. The molecular formula is C23H27F6N3O5. The van der Waals surface area contributed by atoms with Gasteiger partial charge < -0.3 is 15.1 Å². The largest absolute Gasteiger partial charge is 0.490 e. The summed E-state index contributed by atoms with van der Waals surface area (Å²) in [7, 11) is 0. The van der Waals surface area contributed by atoms with Gasteiger partial charge in [-0.3, -0.25) is 14.7 Å². The Bertz CT molecular complexity index is 966. The maximum atomic E-state index is 12.8. The van der Waals surface area contributed by atoms with Gasteiger partial charge in [0.05, 0.1) is 5.69 Å². The third kappa shape index (κ3) is 8.72. The molecule has 0 spiro atoms. The van der Waals surface area contributed by atoms with E-state index in [9.17, 15) is 31.1 Å². The number of carbonyl (C=O) groups is 3. The summed E-state index contributed by atoms with van der Waals surface area (Å²) < 4.78 is 63.5. The first-order valence-corrected chi connectivity index (χ1v) is 11.3. The van der Waals surface area contributed by atoms with Crippen LogP contribution in [0.2, 0.25) is 0 Å². The second-order valence-electron chi connectivity index (χ2n) is 8.73. The van der Waals surface area contributed by atoms with E-state index in [2.05, 4.69) is 39.1 Å². The zero-order valence-electron chi connectivity index (χ0n) is 19.8. The average Bonchev–Trinajstić information content (AvgIpc) is 3.52. The summed E-state index contributed by atoms with van der Waals surface area (Å²) >= 11 is 0. The van der Waals surface area contributed by atoms with Crippen LogP contribution in [0.15, 0.2) is 30.4 Å². The number of rotatable bonds is 3. The molecular weight excluding hydrogens is 512 g/mol. The second kappa shape index (κ2) is 12.4. The molecule has 3 aliphatic rings. The van der Waals surface area contributed by atoms with Crippen molar-refractivity contribution < 1.29 is 50.9 Å². The van der Waals surface area contributed by atoms with Crippen molar-refractivity contribution in [3.63, 3.8) is 0 Å². The van der Waals surface area contributed by atoms with Crippen molar-refractivity contribution in [1.29, 1.82) is 0 Å². The van der Waals surface area contributed by atoms with Crippen molar-refractivity contribution in [2.45, 2.75) is 63.6 Å². The van der Waals surface area contributed by atoms with Crippen LogP contribution < -0.4 is 0 Å². The first-order valence-electron chi connectivity index (χ1n) is 11.3. The van der Waals surface area contributed by atoms with E-state index >= 15 is 0 Å². The number of carboxylic acid groups (broad SMARTS) is 2. The number of amides is 1. The Morgan fingerprint density at radius 1 is 0.919 bits per heavy atom. The van der Waals surface area contributed by atoms with Crippen LogP contribution in [0, 0.1) is 12.8 Å². The average molecular weight is 539 g/mol. The zero-order valence-corrected chi connectivity index (χ0v) is 19.8. The Morgan fingerprint density at radius 2 is 1.43 bits per heavy atom. The summed E-state index contributed by atoms with van der Waals surface area (Å²) in [6, 6.07) is 7.19. The van der Waals surface area contributed by atoms with Crippen molar-refractivity contribution in [2.75, 3.05) is 13.1 Å². The van der Waals surface area contributed by atoms with E-state index in [1.54, 1.807) is 0 Å². The van der Waals surface area contributed by atoms with Gasteiger partial charge >= 0.3 is 24.3 Å². The van der Waals surface area contributed by atoms with Crippen LogP contribution >= 0.6 is 0 Å². The van der Waals surface area contributed by atoms with Crippen LogP contribution in [0.5, 0.6) is 0 Å². The Balaban J connectivity index is 0.000000286. The molecule has 0 aromatic carbocycles. The molecule has 4 rings (SSSR count). The van der Waals surface area contributed by atoms with Gasteiger partial charge in [-0.2, -0.15) is 26.3 Å². The third-order valence-corrected chi connectivity index (χ3v) is 6.13. The molecule has 1 aliphatic carbocycles. The number of nitrogens with zero attached hydrogens (tertiary/aromatic N) is 3. The van der Waals surface area contributed by atoms with Crippen LogP contribution in [0.4, 0.5) is 26.3 Å². The number of hydrogen-bond donors (Lipinski definition) is 2. The first kappa shape index (κ1) is 30.1. The van der Waals surface area contributed by atoms with E-state index in [4.69, 9.17) is 19.8 Å². The lowest BCUT2D eigenvalue weighted by Gasteiger charge is -2.27. The molecule has 2 N–H and O–H groups in total. The fourth-order valence-corrected chi connectivity index (χ4v) is 4.49. The van der Waals surface area contributed by atoms with E-state index in [1.807, 2.05) is 13.0 Å². The van der Waals surface area contributed by atoms with Crippen LogP contribution in [-0.4, -0.2) is 80.4 Å². The molecule has 0 bridgehead atoms. The summed E-state index contributed by atoms with van der Waals surface area (Å²) in [5.74, 6) is -4.92. The predicted octanol–water partition coefficient (Wildman–Crippen LogP) is 3.80. The fraction of sp³-hybridized carbons (Fsp3) is 0.565. The monoisotopic (exact) mass is 539 g/mol. The number of alkyl halides is 6. The van der Waals surface area contributed by atoms with Gasteiger partial charge in [0.15, 0.2) is 0 Å². The van der Waals surface area contributed by atoms with Crippen molar-refractivity contribution in [1.82, 2.24) is 14.8 Å². The number of halogens is 6. The quantitative estimate of drug-likeness (QED) is 0.444. The molecule has 2 fully saturated rings. The molecule has 2 aliphatic heterocycles. The standard InChI is InChI=1S/C19H25N3O.2C2HF3O2/c1-14-5-4-8-16(20-14)13-21-11-9-18-17(21)10-12-22(18)19(23)15-6-2-3-7-15;2*3-2(4,5)1(6)7/h2-5,8,15,17-18H,6-7,9-13H2,1H3;2*(H,6,7)/t17-,18+;;/m0../s1. The smallest absolute Gasteiger partial charge is 0.475 e. The van der Waals surface area contributed by atoms with Gasteiger partial charge in [0, 0.05) is 43.3 Å². The Kier molecular flexibility index (Phi) is 10.1. The number of aromatic nitrogens is 1. The summed E-state index contributed by atoms with van der Waals surface area (Å²) in [4.78, 5) is 39.9. The first-order chi connectivity index (χ1) is 17.1. The van der Waals surface area contributed by atoms with Gasteiger partial charge in [-0.25, -0.2) is 9.59 Å². The number of carboxylic acids is 2. The molecule has 8 nitrogen and oxygen atoms in total. The van der Waals surface area contributed by atoms with Crippen LogP contribution in [0.1, 0.15) is 37.1 Å². The maximum Gasteiger partial charge on any atom is 0.490 e. The zero-order chi connectivity index (χ0) is 28.0. The number of fused-ring (bicyclic) bond motifs is 1. The van der Waals surface area contributed by atoms with E-state index in [0.29, 0.717) is 18.0 Å². The summed E-state index contributed by atoms with van der Waals surface area (Å²) in [6.07, 6.45) is -1.76. The van der Waals surface area contributed by atoms with Crippen molar-refractivity contribution in [3.05, 3.63) is 41.7 Å². The van der Waals surface area contributed by atoms with E-state index in [0.717, 1.165) is 56.7 Å². The number of carbonyl (C=O) groups excluding carboxylic acids is 1. The number of aryl methyl sites for hydroxylation is 1. The lowest BCUT2D eigenvalue weighted by Crippen LogP contribution is -2.42. The molecule has 37 heavy (non-hydrogen) atoms. The number of aliphatic carboxylic acids is 2. The maximum absolute atomic E-state index is 12.8. The van der Waals surface area contributed by atoms with Gasteiger partial charge in [0.25, 0.3) is 0 Å². The summed E-state index contributed by atoms with van der Waals surface area (Å²) in [6.45, 7) is 4.97. The van der Waals surface area contributed by atoms with E-state index in [1.165, 1.54) is 0 Å². The predicted molar refractivity (Wildman–Crippen MR) is 117 cm³/mol. The van der Waals surface area contributed by atoms with Crippen molar-refractivity contribution in [3.8, 4) is 0 Å². The lowest BCUT2D eigenvalue weighted by atomic mass is 10.0. The van der Waals surface area contributed by atoms with Gasteiger partial charge in [-0.1, -0.05) is 18.2 Å². The van der Waals surface area contributed by atoms with Gasteiger partial charge in [0.1, 0.15) is 0 Å². The number of likely N-dealkylation sites (tertiary alicyclic amines) is 2. The molecule has 2 atom stereocenters. The van der Waals surface area contributed by atoms with Crippen LogP contribution in [0.3, 0.4) is 0 Å². The highest BCUT2D eigenvalue weighted by Gasteiger charge is 2.45. The minimum absolute atomic E-state index is 0.209. The van der Waals surface area contributed by atoms with Crippen molar-refractivity contribution in [2.24, 2.45) is 5.92 Å². The molecule has 3 heterocycles. The third-order valence-electron chi connectivity index (χ3n) is 6.13. The molecule has 2 saturated heterocycles. The highest BCUT2D eigenvalue weighted by Crippen LogP contribution is 2.35. The van der Waals surface area contributed by atoms with Gasteiger partial charge in [-0.05, 0) is 44.7 Å². The minimum Gasteiger partial charge on any atom is -0.475 e. The molecule has 1 aromatic heterocycles. The lowest BCUT2D eigenvalue weighted by molar-refractivity contribution is -0.193. The highest BCUT2D eigenvalue weighted by molar-refractivity contribution is 5.80. The van der Waals surface area contributed by atoms with Gasteiger partial charge in [0.2, 0.25) is 5.91 Å². The number of allylic oxidation sites excluding steroid dienone is 2. The fourth-order valence-electron chi connectivity index (χ4n) is 4.49. The Labute approximate surface area is 208 Å². The summed E-state index contributed by atoms with van der Waals surface area (Å²) in [5.41, 5.74) is 2.23. The number of pyridine rings is 1. The summed E-state index contributed by atoms with van der Waals surface area (Å²) in [5, 5.41) is 14.2. The van der Waals surface area contributed by atoms with Gasteiger partial charge in [-0.15, -0.1) is 0 Å².